The molecule has 2 heterocycles. The summed E-state index contributed by atoms with van der Waals surface area (Å²) in [6.07, 6.45) is -8.28. The minimum absolute atomic E-state index is 0.0631. The average Bonchev–Trinajstić information content (AvgIpc) is 2.83. The summed E-state index contributed by atoms with van der Waals surface area (Å²) in [7, 11) is 2.26. The van der Waals surface area contributed by atoms with Crippen LogP contribution in [0.2, 0.25) is 0 Å². The lowest BCUT2D eigenvalue weighted by molar-refractivity contribution is -0.137. The molecule has 1 aliphatic rings. The molecule has 0 aliphatic carbocycles. The molecule has 0 amide bonds. The van der Waals surface area contributed by atoms with Crippen LogP contribution in [0.1, 0.15) is 23.1 Å². The third-order valence-corrected chi connectivity index (χ3v) is 5.91. The normalized spacial score (nSPS) is 14.6. The van der Waals surface area contributed by atoms with Crippen molar-refractivity contribution in [1.29, 1.82) is 0 Å². The number of hydrogen-bond donors (Lipinski definition) is 1. The van der Waals surface area contributed by atoms with E-state index in [1.165, 1.54) is 7.11 Å². The highest BCUT2D eigenvalue weighted by Crippen LogP contribution is 2.47. The molecule has 0 unspecified atom stereocenters. The van der Waals surface area contributed by atoms with Gasteiger partial charge in [0.15, 0.2) is 17.4 Å². The second kappa shape index (κ2) is 9.60. The Hall–Kier alpha value is -3.35. The number of alkyl halides is 5. The highest BCUT2D eigenvalue weighted by molar-refractivity contribution is 5.99. The summed E-state index contributed by atoms with van der Waals surface area (Å²) in [4.78, 5) is 9.85. The highest BCUT2D eigenvalue weighted by Gasteiger charge is 2.39. The number of aryl methyl sites for hydroxylation is 1. The van der Waals surface area contributed by atoms with E-state index in [-0.39, 0.29) is 17.2 Å². The molecule has 0 spiro atoms. The molecule has 4 rings (SSSR count). The van der Waals surface area contributed by atoms with Gasteiger partial charge in [0.25, 0.3) is 6.43 Å². The molecule has 0 bridgehead atoms. The van der Waals surface area contributed by atoms with Crippen LogP contribution in [-0.2, 0) is 6.18 Å². The molecular formula is C23H21F7N4O2. The quantitative estimate of drug-likeness (QED) is 0.465. The van der Waals surface area contributed by atoms with E-state index >= 15 is 8.78 Å². The zero-order valence-corrected chi connectivity index (χ0v) is 19.4. The van der Waals surface area contributed by atoms with Gasteiger partial charge in [0.1, 0.15) is 11.3 Å². The van der Waals surface area contributed by atoms with Crippen LogP contribution in [0.25, 0.3) is 22.0 Å². The number of hydrogen-bond acceptors (Lipinski definition) is 6. The third-order valence-electron chi connectivity index (χ3n) is 5.91. The van der Waals surface area contributed by atoms with Crippen molar-refractivity contribution in [3.63, 3.8) is 0 Å². The van der Waals surface area contributed by atoms with Crippen molar-refractivity contribution < 1.29 is 40.2 Å². The smallest absolute Gasteiger partial charge is 0.417 e. The zero-order valence-electron chi connectivity index (χ0n) is 19.4. The summed E-state index contributed by atoms with van der Waals surface area (Å²) in [5.74, 6) is -3.54. The van der Waals surface area contributed by atoms with Crippen LogP contribution in [-0.4, -0.2) is 50.4 Å². The molecule has 1 saturated heterocycles. The first kappa shape index (κ1) is 25.7. The molecule has 1 aromatic heterocycles. The maximum absolute atomic E-state index is 16.0. The van der Waals surface area contributed by atoms with Crippen LogP contribution < -0.4 is 19.7 Å². The molecule has 0 radical (unpaired) electrons. The Morgan fingerprint density at radius 1 is 1.00 bits per heavy atom. The Bertz CT molecular complexity index is 1310. The maximum Gasteiger partial charge on any atom is 0.417 e. The van der Waals surface area contributed by atoms with Gasteiger partial charge in [-0.25, -0.2) is 17.6 Å². The number of nitrogens with zero attached hydrogens (tertiary/aromatic N) is 3. The van der Waals surface area contributed by atoms with Gasteiger partial charge >= 0.3 is 12.2 Å². The van der Waals surface area contributed by atoms with E-state index in [9.17, 15) is 22.0 Å². The van der Waals surface area contributed by atoms with Crippen LogP contribution in [0.5, 0.6) is 11.8 Å². The highest BCUT2D eigenvalue weighted by atomic mass is 19.4. The van der Waals surface area contributed by atoms with Gasteiger partial charge in [0.05, 0.1) is 30.7 Å². The van der Waals surface area contributed by atoms with E-state index in [0.29, 0.717) is 38.3 Å². The van der Waals surface area contributed by atoms with E-state index in [4.69, 9.17) is 9.47 Å². The molecule has 0 saturated carbocycles. The largest absolute Gasteiger partial charge is 0.493 e. The second-order valence-electron chi connectivity index (χ2n) is 8.09. The van der Waals surface area contributed by atoms with Crippen molar-refractivity contribution in [1.82, 2.24) is 15.3 Å². The molecule has 13 heteroatoms. The van der Waals surface area contributed by atoms with Crippen LogP contribution in [0.4, 0.5) is 36.6 Å². The summed E-state index contributed by atoms with van der Waals surface area (Å²) in [5, 5.41) is 2.91. The topological polar surface area (TPSA) is 59.5 Å². The van der Waals surface area contributed by atoms with Crippen molar-refractivity contribution in [2.24, 2.45) is 0 Å². The van der Waals surface area contributed by atoms with Crippen molar-refractivity contribution in [2.75, 3.05) is 45.3 Å². The molecule has 6 nitrogen and oxygen atoms in total. The maximum atomic E-state index is 16.0. The van der Waals surface area contributed by atoms with E-state index < -0.39 is 63.3 Å². The van der Waals surface area contributed by atoms with Gasteiger partial charge in [-0.05, 0) is 24.6 Å². The molecule has 1 aliphatic heterocycles. The molecule has 0 atom stereocenters. The summed E-state index contributed by atoms with van der Waals surface area (Å²) in [5.41, 5.74) is -5.74. The minimum Gasteiger partial charge on any atom is -0.493 e. The Balaban J connectivity index is 2.15. The van der Waals surface area contributed by atoms with Gasteiger partial charge in [-0.3, -0.25) is 0 Å². The Morgan fingerprint density at radius 3 is 2.22 bits per heavy atom. The lowest BCUT2D eigenvalue weighted by atomic mass is 9.91. The van der Waals surface area contributed by atoms with Gasteiger partial charge in [0.2, 0.25) is 0 Å². The number of rotatable bonds is 5. The van der Waals surface area contributed by atoms with Crippen LogP contribution >= 0.6 is 0 Å². The number of halogens is 7. The van der Waals surface area contributed by atoms with Crippen LogP contribution in [0.3, 0.4) is 0 Å². The lowest BCUT2D eigenvalue weighted by Gasteiger charge is -2.30. The van der Waals surface area contributed by atoms with Crippen molar-refractivity contribution in [3.8, 4) is 22.9 Å². The monoisotopic (exact) mass is 518 g/mol. The number of fused-ring (bicyclic) bond motifs is 1. The predicted molar refractivity (Wildman–Crippen MR) is 118 cm³/mol. The fourth-order valence-electron chi connectivity index (χ4n) is 4.37. The number of ether oxygens (including phenoxy) is 2. The Labute approximate surface area is 201 Å². The molecule has 3 aromatic rings. The van der Waals surface area contributed by atoms with Crippen molar-refractivity contribution >= 4 is 16.7 Å². The van der Waals surface area contributed by atoms with E-state index in [1.807, 2.05) is 0 Å². The van der Waals surface area contributed by atoms with Crippen LogP contribution in [0.15, 0.2) is 12.1 Å². The molecule has 36 heavy (non-hydrogen) atoms. The molecule has 2 aromatic carbocycles. The van der Waals surface area contributed by atoms with Gasteiger partial charge in [0, 0.05) is 37.3 Å². The summed E-state index contributed by atoms with van der Waals surface area (Å²) in [6, 6.07) is 0.755. The van der Waals surface area contributed by atoms with Crippen molar-refractivity contribution in [2.45, 2.75) is 19.5 Å². The second-order valence-corrected chi connectivity index (χ2v) is 8.09. The SMILES string of the molecule is COc1nc(N2CCNCC2)c2c(OC)c(F)c(-c3cc(C(F)F)cc(C)c3C(F)(F)F)c(F)c2n1. The van der Waals surface area contributed by atoms with Gasteiger partial charge in [-0.2, -0.15) is 23.1 Å². The number of benzene rings is 2. The summed E-state index contributed by atoms with van der Waals surface area (Å²) in [6.45, 7) is 2.82. The lowest BCUT2D eigenvalue weighted by Crippen LogP contribution is -2.44. The standard InChI is InChI=1S/C23H21F7N4O2/c1-10-8-11(20(26)27)9-12(15(10)23(28,29)30)13-16(24)18-14(19(35-2)17(13)25)21(33-22(32-18)36-3)34-6-4-31-5-7-34/h8-9,20,31H,4-7H2,1-3H3. The number of methoxy groups -OCH3 is 2. The third kappa shape index (κ3) is 4.36. The molecular weight excluding hydrogens is 497 g/mol. The van der Waals surface area contributed by atoms with Crippen LogP contribution in [0, 0.1) is 18.6 Å². The van der Waals surface area contributed by atoms with Crippen molar-refractivity contribution in [3.05, 3.63) is 40.5 Å². The minimum atomic E-state index is -5.10. The predicted octanol–water partition coefficient (Wildman–Crippen LogP) is 5.27. The zero-order chi connectivity index (χ0) is 26.4. The Morgan fingerprint density at radius 2 is 1.67 bits per heavy atom. The molecule has 194 valence electrons. The van der Waals surface area contributed by atoms with E-state index in [1.54, 1.807) is 4.90 Å². The first-order chi connectivity index (χ1) is 17.0. The first-order valence-corrected chi connectivity index (χ1v) is 10.8. The average molecular weight is 518 g/mol. The number of nitrogens with one attached hydrogen (secondary N) is 1. The Kier molecular flexibility index (Phi) is 6.86. The molecule has 1 N–H and O–H groups in total. The first-order valence-electron chi connectivity index (χ1n) is 10.8. The van der Waals surface area contributed by atoms with Gasteiger partial charge < -0.3 is 19.7 Å². The fourth-order valence-corrected chi connectivity index (χ4v) is 4.37. The molecule has 1 fully saturated rings. The number of piperazine rings is 1. The van der Waals surface area contributed by atoms with E-state index in [2.05, 4.69) is 15.3 Å². The van der Waals surface area contributed by atoms with Gasteiger partial charge in [-0.1, -0.05) is 0 Å². The summed E-state index contributed by atoms with van der Waals surface area (Å²) >= 11 is 0. The number of anilines is 1. The van der Waals surface area contributed by atoms with E-state index in [0.717, 1.165) is 14.0 Å². The fraction of sp³-hybridized carbons (Fsp3) is 0.391. The number of aromatic nitrogens is 2. The van der Waals surface area contributed by atoms with Gasteiger partial charge in [-0.15, -0.1) is 0 Å². The summed E-state index contributed by atoms with van der Waals surface area (Å²) < 4.78 is 111.